The third kappa shape index (κ3) is 7.18. The number of aliphatic hydroxyl groups is 2. The lowest BCUT2D eigenvalue weighted by Gasteiger charge is -2.19. The van der Waals surface area contributed by atoms with Gasteiger partial charge in [0.1, 0.15) is 0 Å². The van der Waals surface area contributed by atoms with Crippen molar-refractivity contribution in [1.82, 2.24) is 0 Å². The molecule has 2 unspecified atom stereocenters. The van der Waals surface area contributed by atoms with Gasteiger partial charge < -0.3 is 10.2 Å². The van der Waals surface area contributed by atoms with E-state index in [1.165, 1.54) is 0 Å². The number of aliphatic hydroxyl groups excluding tert-OH is 2. The van der Waals surface area contributed by atoms with Crippen LogP contribution in [0.25, 0.3) is 0 Å². The van der Waals surface area contributed by atoms with E-state index in [0.717, 1.165) is 0 Å². The third-order valence-electron chi connectivity index (χ3n) is 3.12. The normalized spacial score (nSPS) is 17.1. The summed E-state index contributed by atoms with van der Waals surface area (Å²) in [7, 11) is 0. The summed E-state index contributed by atoms with van der Waals surface area (Å²) in [4.78, 5) is 0. The zero-order chi connectivity index (χ0) is 15.5. The van der Waals surface area contributed by atoms with Crippen molar-refractivity contribution in [3.8, 4) is 12.1 Å². The molecule has 0 radical (unpaired) electrons. The molecule has 2 N–H and O–H groups in total. The van der Waals surface area contributed by atoms with Gasteiger partial charge in [0, 0.05) is 13.2 Å². The predicted octanol–water partition coefficient (Wildman–Crippen LogP) is 2.33. The molecule has 20 heavy (non-hydrogen) atoms. The Morgan fingerprint density at radius 1 is 0.800 bits per heavy atom. The summed E-state index contributed by atoms with van der Waals surface area (Å²) >= 11 is 0. The highest BCUT2D eigenvalue weighted by Gasteiger charge is 2.27. The minimum atomic E-state index is -0.954. The number of hydrogen-bond acceptors (Lipinski definition) is 6. The molecule has 0 bridgehead atoms. The zero-order valence-corrected chi connectivity index (χ0v) is 12.3. The highest BCUT2D eigenvalue weighted by molar-refractivity contribution is 5.07. The molecule has 0 aliphatic rings. The quantitative estimate of drug-likeness (QED) is 0.472. The van der Waals surface area contributed by atoms with Gasteiger partial charge in [-0.3, -0.25) is 0 Å². The van der Waals surface area contributed by atoms with E-state index in [-0.39, 0.29) is 13.2 Å². The molecule has 2 atom stereocenters. The van der Waals surface area contributed by atoms with Crippen LogP contribution >= 0.6 is 0 Å². The average molecular weight is 280 g/mol. The van der Waals surface area contributed by atoms with E-state index in [9.17, 15) is 10.5 Å². The van der Waals surface area contributed by atoms with Gasteiger partial charge in [0.2, 0.25) is 0 Å². The maximum Gasteiger partial charge on any atom is 0.164 e. The maximum atomic E-state index is 9.19. The van der Waals surface area contributed by atoms with E-state index < -0.39 is 11.1 Å². The Balaban J connectivity index is 4.66. The van der Waals surface area contributed by atoms with Crippen molar-refractivity contribution in [2.24, 2.45) is 10.2 Å². The van der Waals surface area contributed by atoms with Crippen molar-refractivity contribution < 1.29 is 10.2 Å². The second-order valence-electron chi connectivity index (χ2n) is 5.33. The highest BCUT2D eigenvalue weighted by atomic mass is 16.3. The number of nitrogens with zero attached hydrogens (tertiary/aromatic N) is 4. The molecule has 0 rings (SSSR count). The van der Waals surface area contributed by atoms with Crippen LogP contribution in [0.2, 0.25) is 0 Å². The maximum absolute atomic E-state index is 9.19. The first kappa shape index (κ1) is 18.5. The van der Waals surface area contributed by atoms with E-state index >= 15 is 0 Å². The van der Waals surface area contributed by atoms with Gasteiger partial charge in [-0.05, 0) is 52.4 Å². The van der Waals surface area contributed by atoms with Crippen molar-refractivity contribution >= 4 is 0 Å². The molecule has 0 spiro atoms. The molecule has 0 saturated heterocycles. The first-order valence-electron chi connectivity index (χ1n) is 6.93. The van der Waals surface area contributed by atoms with Crippen LogP contribution in [-0.2, 0) is 0 Å². The van der Waals surface area contributed by atoms with Gasteiger partial charge in [0.15, 0.2) is 11.1 Å². The summed E-state index contributed by atoms with van der Waals surface area (Å²) in [6.07, 6.45) is 3.63. The van der Waals surface area contributed by atoms with Crippen LogP contribution in [0.5, 0.6) is 0 Å². The van der Waals surface area contributed by atoms with Crippen molar-refractivity contribution in [1.29, 1.82) is 10.5 Å². The van der Waals surface area contributed by atoms with Gasteiger partial charge in [-0.15, -0.1) is 0 Å². The van der Waals surface area contributed by atoms with Crippen molar-refractivity contribution in [3.63, 3.8) is 0 Å². The minimum absolute atomic E-state index is 0.0930. The molecule has 0 fully saturated rings. The van der Waals surface area contributed by atoms with E-state index in [1.54, 1.807) is 13.8 Å². The minimum Gasteiger partial charge on any atom is -0.396 e. The molecule has 0 aliphatic carbocycles. The van der Waals surface area contributed by atoms with E-state index in [0.29, 0.717) is 38.5 Å². The van der Waals surface area contributed by atoms with Crippen LogP contribution < -0.4 is 0 Å². The lowest BCUT2D eigenvalue weighted by molar-refractivity contribution is 0.275. The SMILES string of the molecule is CC(C#N)(CCCCO)N=NC(C)(C#N)CCCCO. The van der Waals surface area contributed by atoms with Crippen LogP contribution in [-0.4, -0.2) is 34.5 Å². The number of unbranched alkanes of at least 4 members (excludes halogenated alkanes) is 2. The summed E-state index contributed by atoms with van der Waals surface area (Å²) in [6, 6.07) is 4.22. The summed E-state index contributed by atoms with van der Waals surface area (Å²) in [6.45, 7) is 3.55. The molecular weight excluding hydrogens is 256 g/mol. The fourth-order valence-corrected chi connectivity index (χ4v) is 1.64. The Hall–Kier alpha value is -1.50. The van der Waals surface area contributed by atoms with E-state index in [1.807, 2.05) is 0 Å². The average Bonchev–Trinajstić information content (AvgIpc) is 2.46. The molecule has 0 aromatic rings. The van der Waals surface area contributed by atoms with Gasteiger partial charge in [0.05, 0.1) is 12.1 Å². The van der Waals surface area contributed by atoms with Crippen molar-refractivity contribution in [3.05, 3.63) is 0 Å². The second kappa shape index (κ2) is 9.41. The first-order chi connectivity index (χ1) is 9.45. The van der Waals surface area contributed by atoms with E-state index in [2.05, 4.69) is 22.4 Å². The summed E-state index contributed by atoms with van der Waals surface area (Å²) in [5.41, 5.74) is -1.91. The number of hydrogen-bond donors (Lipinski definition) is 2. The van der Waals surface area contributed by atoms with Crippen LogP contribution in [0.15, 0.2) is 10.2 Å². The fraction of sp³-hybridized carbons (Fsp3) is 0.857. The topological polar surface area (TPSA) is 113 Å². The first-order valence-corrected chi connectivity index (χ1v) is 6.93. The van der Waals surface area contributed by atoms with Gasteiger partial charge in [0.25, 0.3) is 0 Å². The number of azo groups is 1. The molecule has 0 aromatic heterocycles. The van der Waals surface area contributed by atoms with Crippen LogP contribution in [0, 0.1) is 22.7 Å². The number of nitriles is 2. The Morgan fingerprint density at radius 2 is 1.15 bits per heavy atom. The molecule has 0 amide bonds. The van der Waals surface area contributed by atoms with Gasteiger partial charge in [-0.25, -0.2) is 0 Å². The van der Waals surface area contributed by atoms with Crippen molar-refractivity contribution in [2.45, 2.75) is 63.5 Å². The summed E-state index contributed by atoms with van der Waals surface area (Å²) in [5, 5.41) is 44.0. The largest absolute Gasteiger partial charge is 0.396 e. The Morgan fingerprint density at radius 3 is 1.40 bits per heavy atom. The van der Waals surface area contributed by atoms with Gasteiger partial charge in [-0.1, -0.05) is 0 Å². The van der Waals surface area contributed by atoms with Crippen LogP contribution in [0.3, 0.4) is 0 Å². The van der Waals surface area contributed by atoms with Crippen molar-refractivity contribution in [2.75, 3.05) is 13.2 Å². The molecule has 112 valence electrons. The van der Waals surface area contributed by atoms with E-state index in [4.69, 9.17) is 10.2 Å². The third-order valence-corrected chi connectivity index (χ3v) is 3.12. The lowest BCUT2D eigenvalue weighted by atomic mass is 9.96. The Bertz CT molecular complexity index is 350. The van der Waals surface area contributed by atoms with Crippen LogP contribution in [0.4, 0.5) is 0 Å². The van der Waals surface area contributed by atoms with Gasteiger partial charge >= 0.3 is 0 Å². The fourth-order valence-electron chi connectivity index (χ4n) is 1.64. The monoisotopic (exact) mass is 280 g/mol. The highest BCUT2D eigenvalue weighted by Crippen LogP contribution is 2.24. The van der Waals surface area contributed by atoms with Crippen LogP contribution in [0.1, 0.15) is 52.4 Å². The Kier molecular flexibility index (Phi) is 8.71. The molecule has 0 saturated carbocycles. The zero-order valence-electron chi connectivity index (χ0n) is 12.3. The smallest absolute Gasteiger partial charge is 0.164 e. The van der Waals surface area contributed by atoms with Gasteiger partial charge in [-0.2, -0.15) is 20.8 Å². The molecule has 6 heteroatoms. The lowest BCUT2D eigenvalue weighted by Crippen LogP contribution is -2.23. The second-order valence-corrected chi connectivity index (χ2v) is 5.33. The summed E-state index contributed by atoms with van der Waals surface area (Å²) in [5.74, 6) is 0. The Labute approximate surface area is 120 Å². The number of rotatable bonds is 10. The molecular formula is C14H24N4O2. The molecule has 0 aromatic carbocycles. The molecule has 6 nitrogen and oxygen atoms in total. The molecule has 0 heterocycles. The standard InChI is InChI=1S/C14H24N4O2/c1-13(11-15,7-3-5-9-19)17-18-14(2,12-16)8-4-6-10-20/h19-20H,3-10H2,1-2H3. The predicted molar refractivity (Wildman–Crippen MR) is 74.8 cm³/mol. The summed E-state index contributed by atoms with van der Waals surface area (Å²) < 4.78 is 0. The molecule has 0 aliphatic heterocycles.